The van der Waals surface area contributed by atoms with Gasteiger partial charge in [-0.05, 0) is 30.4 Å². The molecule has 0 aromatic heterocycles. The largest absolute Gasteiger partial charge is 0.294 e. The maximum atomic E-state index is 12.6. The lowest BCUT2D eigenvalue weighted by Crippen LogP contribution is -2.30. The highest BCUT2D eigenvalue weighted by Crippen LogP contribution is 2.44. The smallest absolute Gasteiger partial charge is 0.166 e. The number of carbonyl (C=O) groups excluding carboxylic acids is 1. The molecule has 1 nitrogen and oxygen atoms in total. The van der Waals surface area contributed by atoms with Gasteiger partial charge in [0, 0.05) is 17.4 Å². The normalized spacial score (nSPS) is 15.8. The Morgan fingerprint density at radius 2 is 1.26 bits per heavy atom. The van der Waals surface area contributed by atoms with Gasteiger partial charge in [0.2, 0.25) is 0 Å². The fourth-order valence-corrected chi connectivity index (χ4v) is 4.19. The minimum Gasteiger partial charge on any atom is -0.294 e. The highest BCUT2D eigenvalue weighted by Gasteiger charge is 2.35. The van der Waals surface area contributed by atoms with E-state index in [9.17, 15) is 4.79 Å². The molecule has 0 N–H and O–H groups in total. The second kappa shape index (κ2) is 7.75. The topological polar surface area (TPSA) is 17.1 Å². The molecule has 3 aromatic rings. The molecule has 0 saturated heterocycles. The van der Waals surface area contributed by atoms with Gasteiger partial charge in [0.05, 0.1) is 0 Å². The summed E-state index contributed by atoms with van der Waals surface area (Å²) in [5.41, 5.74) is 4.80. The number of Topliss-reactive ketones (excluding diaryl/α,β-unsaturated/α-hetero) is 1. The Bertz CT molecular complexity index is 884. The van der Waals surface area contributed by atoms with E-state index in [1.54, 1.807) is 0 Å². The Morgan fingerprint density at radius 3 is 1.74 bits per heavy atom. The van der Waals surface area contributed by atoms with Gasteiger partial charge < -0.3 is 0 Å². The van der Waals surface area contributed by atoms with Crippen molar-refractivity contribution in [2.75, 3.05) is 0 Å². The van der Waals surface area contributed by atoms with Crippen molar-refractivity contribution in [2.45, 2.75) is 31.1 Å². The van der Waals surface area contributed by atoms with Gasteiger partial charge in [-0.1, -0.05) is 103 Å². The van der Waals surface area contributed by atoms with Crippen LogP contribution in [0.3, 0.4) is 0 Å². The highest BCUT2D eigenvalue weighted by atomic mass is 16.1. The first kappa shape index (κ1) is 17.5. The molecular weight excluding hydrogens is 328 g/mol. The van der Waals surface area contributed by atoms with E-state index in [-0.39, 0.29) is 11.2 Å². The van der Waals surface area contributed by atoms with Crippen LogP contribution in [0.2, 0.25) is 0 Å². The maximum absolute atomic E-state index is 12.6. The summed E-state index contributed by atoms with van der Waals surface area (Å²) in [7, 11) is 0. The summed E-state index contributed by atoms with van der Waals surface area (Å²) < 4.78 is 0. The SMILES string of the molecule is O=C(CC1=CCC(c2ccccc2)(c2ccccc2)CC1)c1ccccc1. The van der Waals surface area contributed by atoms with E-state index in [2.05, 4.69) is 66.7 Å². The molecule has 0 bridgehead atoms. The lowest BCUT2D eigenvalue weighted by atomic mass is 9.65. The van der Waals surface area contributed by atoms with Gasteiger partial charge in [-0.25, -0.2) is 0 Å². The second-order valence-corrected chi connectivity index (χ2v) is 7.35. The lowest BCUT2D eigenvalue weighted by Gasteiger charge is -2.38. The summed E-state index contributed by atoms with van der Waals surface area (Å²) in [6, 6.07) is 31.2. The fraction of sp³-hybridized carbons (Fsp3) is 0.192. The van der Waals surface area contributed by atoms with Crippen molar-refractivity contribution in [3.63, 3.8) is 0 Å². The lowest BCUT2D eigenvalue weighted by molar-refractivity contribution is 0.0991. The van der Waals surface area contributed by atoms with E-state index in [0.717, 1.165) is 24.8 Å². The first-order valence-electron chi connectivity index (χ1n) is 9.65. The Kier molecular flexibility index (Phi) is 5.02. The number of carbonyl (C=O) groups is 1. The Balaban J connectivity index is 1.60. The number of hydrogen-bond donors (Lipinski definition) is 0. The third-order valence-corrected chi connectivity index (χ3v) is 5.75. The minimum atomic E-state index is 0.00180. The zero-order valence-electron chi connectivity index (χ0n) is 15.5. The van der Waals surface area contributed by atoms with Crippen molar-refractivity contribution < 1.29 is 4.79 Å². The molecular formula is C26H24O. The van der Waals surface area contributed by atoms with Gasteiger partial charge in [-0.15, -0.1) is 0 Å². The first-order chi connectivity index (χ1) is 13.3. The van der Waals surface area contributed by atoms with Gasteiger partial charge in [-0.3, -0.25) is 4.79 Å². The molecule has 0 spiro atoms. The molecule has 134 valence electrons. The number of benzene rings is 3. The summed E-state index contributed by atoms with van der Waals surface area (Å²) in [6.07, 6.45) is 5.78. The molecule has 0 radical (unpaired) electrons. The second-order valence-electron chi connectivity index (χ2n) is 7.35. The number of allylic oxidation sites excluding steroid dienone is 2. The van der Waals surface area contributed by atoms with E-state index in [1.807, 2.05) is 30.3 Å². The minimum absolute atomic E-state index is 0.00180. The van der Waals surface area contributed by atoms with Crippen LogP contribution in [0.1, 0.15) is 47.2 Å². The first-order valence-corrected chi connectivity index (χ1v) is 9.65. The molecule has 3 aromatic carbocycles. The summed E-state index contributed by atoms with van der Waals surface area (Å²) >= 11 is 0. The van der Waals surface area contributed by atoms with Crippen LogP contribution < -0.4 is 0 Å². The zero-order chi connectivity index (χ0) is 18.5. The third kappa shape index (κ3) is 3.64. The molecule has 0 amide bonds. The average molecular weight is 352 g/mol. The van der Waals surface area contributed by atoms with Crippen molar-refractivity contribution >= 4 is 5.78 Å². The molecule has 0 saturated carbocycles. The Labute approximate surface area is 161 Å². The molecule has 0 fully saturated rings. The molecule has 1 aliphatic carbocycles. The molecule has 0 aliphatic heterocycles. The summed E-state index contributed by atoms with van der Waals surface area (Å²) in [4.78, 5) is 12.6. The highest BCUT2D eigenvalue weighted by molar-refractivity contribution is 5.97. The van der Waals surface area contributed by atoms with Crippen LogP contribution in [0, 0.1) is 0 Å². The van der Waals surface area contributed by atoms with Crippen molar-refractivity contribution in [2.24, 2.45) is 0 Å². The summed E-state index contributed by atoms with van der Waals surface area (Å²) in [6.45, 7) is 0. The summed E-state index contributed by atoms with van der Waals surface area (Å²) in [5.74, 6) is 0.216. The Morgan fingerprint density at radius 1 is 0.741 bits per heavy atom. The predicted octanol–water partition coefficient (Wildman–Crippen LogP) is 6.36. The quantitative estimate of drug-likeness (QED) is 0.386. The van der Waals surface area contributed by atoms with Crippen LogP contribution in [0.25, 0.3) is 0 Å². The predicted molar refractivity (Wildman–Crippen MR) is 111 cm³/mol. The molecule has 4 rings (SSSR count). The molecule has 27 heavy (non-hydrogen) atoms. The average Bonchev–Trinajstić information content (AvgIpc) is 2.76. The third-order valence-electron chi connectivity index (χ3n) is 5.75. The van der Waals surface area contributed by atoms with Crippen molar-refractivity contribution in [3.8, 4) is 0 Å². The van der Waals surface area contributed by atoms with E-state index < -0.39 is 0 Å². The van der Waals surface area contributed by atoms with Crippen LogP contribution >= 0.6 is 0 Å². The van der Waals surface area contributed by atoms with E-state index in [1.165, 1.54) is 16.7 Å². The van der Waals surface area contributed by atoms with Gasteiger partial charge in [0.25, 0.3) is 0 Å². The Hall–Kier alpha value is -2.93. The molecule has 1 aliphatic rings. The van der Waals surface area contributed by atoms with E-state index in [0.29, 0.717) is 6.42 Å². The summed E-state index contributed by atoms with van der Waals surface area (Å²) in [5, 5.41) is 0. The monoisotopic (exact) mass is 352 g/mol. The van der Waals surface area contributed by atoms with Gasteiger partial charge in [0.15, 0.2) is 5.78 Å². The van der Waals surface area contributed by atoms with Crippen LogP contribution in [-0.2, 0) is 5.41 Å². The van der Waals surface area contributed by atoms with Crippen molar-refractivity contribution in [1.82, 2.24) is 0 Å². The molecule has 0 unspecified atom stereocenters. The molecule has 0 atom stereocenters. The van der Waals surface area contributed by atoms with Crippen LogP contribution in [0.15, 0.2) is 103 Å². The van der Waals surface area contributed by atoms with Crippen LogP contribution in [-0.4, -0.2) is 5.78 Å². The van der Waals surface area contributed by atoms with Gasteiger partial charge in [0.1, 0.15) is 0 Å². The van der Waals surface area contributed by atoms with Crippen LogP contribution in [0.4, 0.5) is 0 Å². The van der Waals surface area contributed by atoms with Crippen molar-refractivity contribution in [3.05, 3.63) is 119 Å². The standard InChI is InChI=1S/C26H24O/c27-25(22-10-4-1-5-11-22)20-21-16-18-26(19-17-21,23-12-6-2-7-13-23)24-14-8-3-9-15-24/h1-16H,17-20H2. The van der Waals surface area contributed by atoms with E-state index >= 15 is 0 Å². The maximum Gasteiger partial charge on any atom is 0.166 e. The molecule has 1 heteroatoms. The van der Waals surface area contributed by atoms with E-state index in [4.69, 9.17) is 0 Å². The van der Waals surface area contributed by atoms with Gasteiger partial charge in [-0.2, -0.15) is 0 Å². The number of rotatable bonds is 5. The number of ketones is 1. The van der Waals surface area contributed by atoms with Gasteiger partial charge >= 0.3 is 0 Å². The number of hydrogen-bond acceptors (Lipinski definition) is 1. The zero-order valence-corrected chi connectivity index (χ0v) is 15.5. The molecule has 0 heterocycles. The van der Waals surface area contributed by atoms with Crippen LogP contribution in [0.5, 0.6) is 0 Å². The van der Waals surface area contributed by atoms with Crippen molar-refractivity contribution in [1.29, 1.82) is 0 Å². The fourth-order valence-electron chi connectivity index (χ4n) is 4.19.